The summed E-state index contributed by atoms with van der Waals surface area (Å²) in [7, 11) is 0. The lowest BCUT2D eigenvalue weighted by molar-refractivity contribution is 0.196. The Morgan fingerprint density at radius 1 is 1.35 bits per heavy atom. The number of urea groups is 1. The topological polar surface area (TPSA) is 44.4 Å². The molecule has 0 atom stereocenters. The largest absolute Gasteiger partial charge is 0.335 e. The van der Waals surface area contributed by atoms with Gasteiger partial charge in [-0.1, -0.05) is 19.1 Å². The van der Waals surface area contributed by atoms with Crippen LogP contribution in [0.5, 0.6) is 0 Å². The second-order valence-corrected chi connectivity index (χ2v) is 5.19. The third-order valence-electron chi connectivity index (χ3n) is 3.58. The highest BCUT2D eigenvalue weighted by Gasteiger charge is 2.20. The smallest absolute Gasteiger partial charge is 0.319 e. The van der Waals surface area contributed by atoms with Crippen LogP contribution in [0.25, 0.3) is 0 Å². The first kappa shape index (κ1) is 14.8. The molecule has 0 aromatic heterocycles. The van der Waals surface area contributed by atoms with Crippen LogP contribution in [-0.2, 0) is 0 Å². The molecule has 1 aliphatic rings. The average molecular weight is 279 g/mol. The SMILES string of the molecule is CCCN1CCC(NC(=O)Nc2ccccc2F)CC1. The van der Waals surface area contributed by atoms with E-state index in [-0.39, 0.29) is 17.8 Å². The third-order valence-corrected chi connectivity index (χ3v) is 3.58. The maximum Gasteiger partial charge on any atom is 0.319 e. The first-order valence-corrected chi connectivity index (χ1v) is 7.23. The molecule has 1 saturated heterocycles. The molecule has 2 N–H and O–H groups in total. The minimum absolute atomic E-state index is 0.176. The fourth-order valence-corrected chi connectivity index (χ4v) is 2.52. The molecule has 20 heavy (non-hydrogen) atoms. The Balaban J connectivity index is 1.77. The summed E-state index contributed by atoms with van der Waals surface area (Å²) in [4.78, 5) is 14.2. The van der Waals surface area contributed by atoms with Crippen LogP contribution in [0.2, 0.25) is 0 Å². The maximum absolute atomic E-state index is 13.4. The highest BCUT2D eigenvalue weighted by atomic mass is 19.1. The number of nitrogens with one attached hydrogen (secondary N) is 2. The van der Waals surface area contributed by atoms with E-state index in [0.29, 0.717) is 0 Å². The van der Waals surface area contributed by atoms with E-state index in [4.69, 9.17) is 0 Å². The van der Waals surface area contributed by atoms with Gasteiger partial charge in [0.2, 0.25) is 0 Å². The van der Waals surface area contributed by atoms with Gasteiger partial charge in [0.1, 0.15) is 5.82 Å². The summed E-state index contributed by atoms with van der Waals surface area (Å²) in [5, 5.41) is 5.47. The molecule has 5 heteroatoms. The number of hydrogen-bond donors (Lipinski definition) is 2. The zero-order valence-electron chi connectivity index (χ0n) is 11.9. The van der Waals surface area contributed by atoms with Gasteiger partial charge in [-0.15, -0.1) is 0 Å². The third kappa shape index (κ3) is 4.20. The van der Waals surface area contributed by atoms with Crippen molar-refractivity contribution in [1.29, 1.82) is 0 Å². The highest BCUT2D eigenvalue weighted by molar-refractivity contribution is 5.89. The molecule has 0 radical (unpaired) electrons. The fourth-order valence-electron chi connectivity index (χ4n) is 2.52. The number of halogens is 1. The number of carbonyl (C=O) groups is 1. The van der Waals surface area contributed by atoms with Crippen molar-refractivity contribution in [2.75, 3.05) is 25.0 Å². The van der Waals surface area contributed by atoms with Crippen molar-refractivity contribution in [3.8, 4) is 0 Å². The zero-order chi connectivity index (χ0) is 14.4. The van der Waals surface area contributed by atoms with Gasteiger partial charge < -0.3 is 15.5 Å². The molecule has 110 valence electrons. The van der Waals surface area contributed by atoms with Gasteiger partial charge in [-0.2, -0.15) is 0 Å². The summed E-state index contributed by atoms with van der Waals surface area (Å²) in [6.07, 6.45) is 3.06. The van der Waals surface area contributed by atoms with Crippen LogP contribution >= 0.6 is 0 Å². The maximum atomic E-state index is 13.4. The molecule has 2 rings (SSSR count). The minimum Gasteiger partial charge on any atom is -0.335 e. The van der Waals surface area contributed by atoms with Gasteiger partial charge in [-0.3, -0.25) is 0 Å². The van der Waals surface area contributed by atoms with Gasteiger partial charge >= 0.3 is 6.03 Å². The van der Waals surface area contributed by atoms with E-state index in [1.807, 2.05) is 0 Å². The lowest BCUT2D eigenvalue weighted by atomic mass is 10.1. The molecule has 0 spiro atoms. The van der Waals surface area contributed by atoms with Gasteiger partial charge in [0.25, 0.3) is 0 Å². The van der Waals surface area contributed by atoms with Crippen molar-refractivity contribution < 1.29 is 9.18 Å². The zero-order valence-corrected chi connectivity index (χ0v) is 11.9. The van der Waals surface area contributed by atoms with E-state index in [0.717, 1.165) is 38.9 Å². The van der Waals surface area contributed by atoms with Crippen LogP contribution in [0.1, 0.15) is 26.2 Å². The van der Waals surface area contributed by atoms with E-state index in [1.165, 1.54) is 6.07 Å². The number of rotatable bonds is 4. The first-order chi connectivity index (χ1) is 9.69. The average Bonchev–Trinajstić information content (AvgIpc) is 2.44. The molecular weight excluding hydrogens is 257 g/mol. The molecule has 1 aliphatic heterocycles. The molecule has 4 nitrogen and oxygen atoms in total. The van der Waals surface area contributed by atoms with E-state index in [1.54, 1.807) is 18.2 Å². The van der Waals surface area contributed by atoms with Crippen molar-refractivity contribution in [1.82, 2.24) is 10.2 Å². The van der Waals surface area contributed by atoms with Crippen LogP contribution in [0.15, 0.2) is 24.3 Å². The standard InChI is InChI=1S/C15H22FN3O/c1-2-9-19-10-7-12(8-11-19)17-15(20)18-14-6-4-3-5-13(14)16/h3-6,12H,2,7-11H2,1H3,(H2,17,18,20). The predicted molar refractivity (Wildman–Crippen MR) is 78.3 cm³/mol. The molecule has 0 saturated carbocycles. The van der Waals surface area contributed by atoms with Gasteiger partial charge in [-0.05, 0) is 37.9 Å². The summed E-state index contributed by atoms with van der Waals surface area (Å²) >= 11 is 0. The summed E-state index contributed by atoms with van der Waals surface area (Å²) < 4.78 is 13.4. The van der Waals surface area contributed by atoms with Gasteiger partial charge in [0, 0.05) is 19.1 Å². The Labute approximate surface area is 119 Å². The minimum atomic E-state index is -0.416. The number of anilines is 1. The second kappa shape index (κ2) is 7.24. The predicted octanol–water partition coefficient (Wildman–Crippen LogP) is 2.82. The number of benzene rings is 1. The molecule has 1 heterocycles. The monoisotopic (exact) mass is 279 g/mol. The van der Waals surface area contributed by atoms with E-state index in [9.17, 15) is 9.18 Å². The van der Waals surface area contributed by atoms with Crippen molar-refractivity contribution in [2.24, 2.45) is 0 Å². The van der Waals surface area contributed by atoms with Crippen molar-refractivity contribution in [3.05, 3.63) is 30.1 Å². The molecule has 1 aromatic carbocycles. The molecular formula is C15H22FN3O. The van der Waals surface area contributed by atoms with Gasteiger partial charge in [0.05, 0.1) is 5.69 Å². The number of likely N-dealkylation sites (tertiary alicyclic amines) is 1. The Morgan fingerprint density at radius 3 is 2.70 bits per heavy atom. The van der Waals surface area contributed by atoms with Crippen LogP contribution in [0.3, 0.4) is 0 Å². The molecule has 1 aromatic rings. The summed E-state index contributed by atoms with van der Waals surface area (Å²) in [5.74, 6) is -0.416. The molecule has 2 amide bonds. The number of piperidine rings is 1. The first-order valence-electron chi connectivity index (χ1n) is 7.23. The number of hydrogen-bond acceptors (Lipinski definition) is 2. The Hall–Kier alpha value is -1.62. The van der Waals surface area contributed by atoms with Crippen LogP contribution in [0, 0.1) is 5.82 Å². The quantitative estimate of drug-likeness (QED) is 0.890. The number of para-hydroxylation sites is 1. The Morgan fingerprint density at radius 2 is 2.05 bits per heavy atom. The van der Waals surface area contributed by atoms with Crippen molar-refractivity contribution in [2.45, 2.75) is 32.2 Å². The van der Waals surface area contributed by atoms with Crippen LogP contribution in [-0.4, -0.2) is 36.6 Å². The highest BCUT2D eigenvalue weighted by Crippen LogP contribution is 2.13. The lowest BCUT2D eigenvalue weighted by Crippen LogP contribution is -2.46. The van der Waals surface area contributed by atoms with Crippen LogP contribution in [0.4, 0.5) is 14.9 Å². The lowest BCUT2D eigenvalue weighted by Gasteiger charge is -2.32. The Kier molecular flexibility index (Phi) is 5.35. The van der Waals surface area contributed by atoms with Crippen LogP contribution < -0.4 is 10.6 Å². The van der Waals surface area contributed by atoms with E-state index in [2.05, 4.69) is 22.5 Å². The van der Waals surface area contributed by atoms with E-state index < -0.39 is 5.82 Å². The summed E-state index contributed by atoms with van der Waals surface area (Å²) in [6.45, 7) is 5.32. The number of amides is 2. The molecule has 0 aliphatic carbocycles. The van der Waals surface area contributed by atoms with Crippen molar-refractivity contribution in [3.63, 3.8) is 0 Å². The van der Waals surface area contributed by atoms with E-state index >= 15 is 0 Å². The van der Waals surface area contributed by atoms with Gasteiger partial charge in [0.15, 0.2) is 0 Å². The number of carbonyl (C=O) groups excluding carboxylic acids is 1. The normalized spacial score (nSPS) is 16.9. The van der Waals surface area contributed by atoms with Crippen molar-refractivity contribution >= 4 is 11.7 Å². The van der Waals surface area contributed by atoms with Gasteiger partial charge in [-0.25, -0.2) is 9.18 Å². The Bertz CT molecular complexity index is 444. The molecule has 0 bridgehead atoms. The molecule has 1 fully saturated rings. The second-order valence-electron chi connectivity index (χ2n) is 5.19. The number of nitrogens with zero attached hydrogens (tertiary/aromatic N) is 1. The summed E-state index contributed by atoms with van der Waals surface area (Å²) in [5.41, 5.74) is 0.216. The molecule has 0 unspecified atom stereocenters. The fraction of sp³-hybridized carbons (Fsp3) is 0.533. The summed E-state index contributed by atoms with van der Waals surface area (Å²) in [6, 6.07) is 6.03.